The number of piperidine rings is 1. The first-order valence-electron chi connectivity index (χ1n) is 11.5. The van der Waals surface area contributed by atoms with E-state index in [-0.39, 0.29) is 5.92 Å². The van der Waals surface area contributed by atoms with E-state index in [1.165, 1.54) is 0 Å². The number of rotatable bonds is 9. The van der Waals surface area contributed by atoms with Crippen LogP contribution in [0.2, 0.25) is 0 Å². The van der Waals surface area contributed by atoms with Crippen LogP contribution in [0.5, 0.6) is 11.5 Å². The van der Waals surface area contributed by atoms with Crippen LogP contribution in [0.3, 0.4) is 0 Å². The Morgan fingerprint density at radius 3 is 2.03 bits per heavy atom. The molecule has 0 unspecified atom stereocenters. The third-order valence-corrected chi connectivity index (χ3v) is 6.53. The zero-order chi connectivity index (χ0) is 22.2. The molecule has 1 aliphatic heterocycles. The monoisotopic (exact) mass is 431 g/mol. The van der Waals surface area contributed by atoms with Crippen LogP contribution in [-0.2, 0) is 5.60 Å². The SMILES string of the molecule is COc1cccc(OCCCN2CCC(C(O)(c3ccccc3)c3ccccc3)CC2)c1. The summed E-state index contributed by atoms with van der Waals surface area (Å²) < 4.78 is 11.1. The van der Waals surface area contributed by atoms with Gasteiger partial charge in [-0.2, -0.15) is 0 Å². The van der Waals surface area contributed by atoms with Crippen LogP contribution in [-0.4, -0.2) is 43.4 Å². The average molecular weight is 432 g/mol. The summed E-state index contributed by atoms with van der Waals surface area (Å²) in [6.45, 7) is 3.68. The summed E-state index contributed by atoms with van der Waals surface area (Å²) in [5.41, 5.74) is 1.01. The Bertz CT molecular complexity index is 913. The van der Waals surface area contributed by atoms with Crippen LogP contribution < -0.4 is 9.47 Å². The van der Waals surface area contributed by atoms with E-state index in [2.05, 4.69) is 29.2 Å². The van der Waals surface area contributed by atoms with Gasteiger partial charge >= 0.3 is 0 Å². The molecule has 0 spiro atoms. The van der Waals surface area contributed by atoms with E-state index >= 15 is 0 Å². The Labute approximate surface area is 191 Å². The maximum absolute atomic E-state index is 12.0. The van der Waals surface area contributed by atoms with E-state index in [1.807, 2.05) is 60.7 Å². The van der Waals surface area contributed by atoms with Gasteiger partial charge in [0.25, 0.3) is 0 Å². The lowest BCUT2D eigenvalue weighted by molar-refractivity contribution is -0.0146. The second kappa shape index (κ2) is 10.7. The van der Waals surface area contributed by atoms with E-state index in [4.69, 9.17) is 9.47 Å². The zero-order valence-electron chi connectivity index (χ0n) is 18.8. The molecule has 0 saturated carbocycles. The molecule has 1 saturated heterocycles. The van der Waals surface area contributed by atoms with Crippen LogP contribution >= 0.6 is 0 Å². The average Bonchev–Trinajstić information content (AvgIpc) is 2.87. The van der Waals surface area contributed by atoms with Crippen LogP contribution in [0.1, 0.15) is 30.4 Å². The summed E-state index contributed by atoms with van der Waals surface area (Å²) in [5, 5.41) is 12.0. The molecule has 0 bridgehead atoms. The van der Waals surface area contributed by atoms with Gasteiger partial charge in [0.1, 0.15) is 17.1 Å². The standard InChI is InChI=1S/C28H33NO3/c1-31-26-14-8-15-27(22-26)32-21-9-18-29-19-16-25(17-20-29)28(30,23-10-4-2-5-11-23)24-12-6-3-7-13-24/h2-8,10-15,22,25,30H,9,16-21H2,1H3. The van der Waals surface area contributed by atoms with Gasteiger partial charge in [0.2, 0.25) is 0 Å². The van der Waals surface area contributed by atoms with Crippen molar-refractivity contribution in [3.8, 4) is 11.5 Å². The third kappa shape index (κ3) is 5.14. The summed E-state index contributed by atoms with van der Waals surface area (Å²) in [7, 11) is 1.67. The molecular formula is C28H33NO3. The number of hydrogen-bond donors (Lipinski definition) is 1. The molecule has 1 N–H and O–H groups in total. The fraction of sp³-hybridized carbons (Fsp3) is 0.357. The van der Waals surface area contributed by atoms with E-state index in [1.54, 1.807) is 7.11 Å². The van der Waals surface area contributed by atoms with Crippen LogP contribution in [0.15, 0.2) is 84.9 Å². The number of nitrogens with zero attached hydrogens (tertiary/aromatic N) is 1. The largest absolute Gasteiger partial charge is 0.497 e. The predicted octanol–water partition coefficient (Wildman–Crippen LogP) is 5.11. The maximum Gasteiger partial charge on any atom is 0.122 e. The quantitative estimate of drug-likeness (QED) is 0.478. The summed E-state index contributed by atoms with van der Waals surface area (Å²) in [5.74, 6) is 1.85. The smallest absolute Gasteiger partial charge is 0.122 e. The first-order chi connectivity index (χ1) is 15.7. The molecule has 4 heteroatoms. The highest BCUT2D eigenvalue weighted by Gasteiger charge is 2.41. The van der Waals surface area contributed by atoms with Gasteiger partial charge in [-0.05, 0) is 61.5 Å². The number of benzene rings is 3. The van der Waals surface area contributed by atoms with Gasteiger partial charge in [0, 0.05) is 12.6 Å². The first kappa shape index (κ1) is 22.4. The molecule has 3 aromatic carbocycles. The molecule has 3 aromatic rings. The minimum Gasteiger partial charge on any atom is -0.497 e. The number of hydrogen-bond acceptors (Lipinski definition) is 4. The Morgan fingerprint density at radius 1 is 0.844 bits per heavy atom. The highest BCUT2D eigenvalue weighted by atomic mass is 16.5. The van der Waals surface area contributed by atoms with Crippen molar-refractivity contribution in [2.45, 2.75) is 24.9 Å². The molecule has 4 rings (SSSR count). The Hall–Kier alpha value is -2.82. The van der Waals surface area contributed by atoms with Crippen molar-refractivity contribution in [1.29, 1.82) is 0 Å². The van der Waals surface area contributed by atoms with Gasteiger partial charge in [-0.1, -0.05) is 66.7 Å². The number of methoxy groups -OCH3 is 1. The van der Waals surface area contributed by atoms with Crippen LogP contribution in [0.4, 0.5) is 0 Å². The lowest BCUT2D eigenvalue weighted by Crippen LogP contribution is -2.44. The zero-order valence-corrected chi connectivity index (χ0v) is 18.8. The van der Waals surface area contributed by atoms with Crippen molar-refractivity contribution >= 4 is 0 Å². The summed E-state index contributed by atoms with van der Waals surface area (Å²) in [6.07, 6.45) is 2.91. The number of likely N-dealkylation sites (tertiary alicyclic amines) is 1. The molecule has 1 aliphatic rings. The molecule has 32 heavy (non-hydrogen) atoms. The Morgan fingerprint density at radius 2 is 1.44 bits per heavy atom. The van der Waals surface area contributed by atoms with Gasteiger partial charge in [-0.3, -0.25) is 0 Å². The van der Waals surface area contributed by atoms with Gasteiger partial charge in [0.15, 0.2) is 0 Å². The second-order valence-corrected chi connectivity index (χ2v) is 8.50. The van der Waals surface area contributed by atoms with Crippen LogP contribution in [0.25, 0.3) is 0 Å². The normalized spacial score (nSPS) is 15.4. The van der Waals surface area contributed by atoms with E-state index in [0.29, 0.717) is 6.61 Å². The van der Waals surface area contributed by atoms with Crippen LogP contribution in [0, 0.1) is 5.92 Å². The predicted molar refractivity (Wildman–Crippen MR) is 128 cm³/mol. The Balaban J connectivity index is 1.32. The molecule has 1 fully saturated rings. The summed E-state index contributed by atoms with van der Waals surface area (Å²) in [6, 6.07) is 28.0. The van der Waals surface area contributed by atoms with E-state index < -0.39 is 5.60 Å². The molecule has 1 heterocycles. The molecule has 0 atom stereocenters. The van der Waals surface area contributed by atoms with E-state index in [0.717, 1.165) is 61.5 Å². The van der Waals surface area contributed by atoms with Gasteiger partial charge in [0.05, 0.1) is 13.7 Å². The fourth-order valence-corrected chi connectivity index (χ4v) is 4.77. The molecule has 0 radical (unpaired) electrons. The van der Waals surface area contributed by atoms with Crippen molar-refractivity contribution in [3.63, 3.8) is 0 Å². The first-order valence-corrected chi connectivity index (χ1v) is 11.5. The lowest BCUT2D eigenvalue weighted by atomic mass is 9.72. The minimum absolute atomic E-state index is 0.191. The Kier molecular flexibility index (Phi) is 7.46. The topological polar surface area (TPSA) is 41.9 Å². The summed E-state index contributed by atoms with van der Waals surface area (Å²) >= 11 is 0. The molecular weight excluding hydrogens is 398 g/mol. The lowest BCUT2D eigenvalue weighted by Gasteiger charge is -2.42. The van der Waals surface area contributed by atoms with Gasteiger partial charge in [-0.25, -0.2) is 0 Å². The highest BCUT2D eigenvalue weighted by Crippen LogP contribution is 2.41. The van der Waals surface area contributed by atoms with Crippen molar-refractivity contribution in [3.05, 3.63) is 96.1 Å². The van der Waals surface area contributed by atoms with Crippen molar-refractivity contribution in [2.24, 2.45) is 5.92 Å². The maximum atomic E-state index is 12.0. The molecule has 0 aliphatic carbocycles. The molecule has 0 amide bonds. The molecule has 0 aromatic heterocycles. The van der Waals surface area contributed by atoms with Crippen molar-refractivity contribution in [2.75, 3.05) is 33.4 Å². The van der Waals surface area contributed by atoms with Crippen molar-refractivity contribution < 1.29 is 14.6 Å². The summed E-state index contributed by atoms with van der Waals surface area (Å²) in [4.78, 5) is 2.49. The van der Waals surface area contributed by atoms with Crippen molar-refractivity contribution in [1.82, 2.24) is 4.90 Å². The van der Waals surface area contributed by atoms with Gasteiger partial charge < -0.3 is 19.5 Å². The van der Waals surface area contributed by atoms with Gasteiger partial charge in [-0.15, -0.1) is 0 Å². The fourth-order valence-electron chi connectivity index (χ4n) is 4.77. The molecule has 168 valence electrons. The number of ether oxygens (including phenoxy) is 2. The number of aliphatic hydroxyl groups is 1. The third-order valence-electron chi connectivity index (χ3n) is 6.53. The minimum atomic E-state index is -0.954. The van der Waals surface area contributed by atoms with E-state index in [9.17, 15) is 5.11 Å². The molecule has 4 nitrogen and oxygen atoms in total. The second-order valence-electron chi connectivity index (χ2n) is 8.50. The highest BCUT2D eigenvalue weighted by molar-refractivity contribution is 5.37.